The Morgan fingerprint density at radius 1 is 1.18 bits per heavy atom. The van der Waals surface area contributed by atoms with Gasteiger partial charge >= 0.3 is 0 Å². The number of nitrogens with two attached hydrogens (primary N) is 1. The molecule has 3 aliphatic rings. The van der Waals surface area contributed by atoms with Crippen LogP contribution in [0.25, 0.3) is 0 Å². The SMILES string of the molecule is NC(CN1CCC2CCCCC21)C1CCOC1. The van der Waals surface area contributed by atoms with Crippen LogP contribution in [0.5, 0.6) is 0 Å². The molecule has 1 saturated carbocycles. The molecular weight excluding hydrogens is 212 g/mol. The van der Waals surface area contributed by atoms with Crippen LogP contribution in [0.1, 0.15) is 38.5 Å². The molecule has 0 radical (unpaired) electrons. The van der Waals surface area contributed by atoms with Gasteiger partial charge in [-0.05, 0) is 38.1 Å². The molecule has 2 saturated heterocycles. The third-order valence-electron chi connectivity index (χ3n) is 5.14. The Bertz CT molecular complexity index is 253. The van der Waals surface area contributed by atoms with Crippen LogP contribution in [0.15, 0.2) is 0 Å². The highest BCUT2D eigenvalue weighted by molar-refractivity contribution is 4.92. The van der Waals surface area contributed by atoms with Gasteiger partial charge in [-0.15, -0.1) is 0 Å². The largest absolute Gasteiger partial charge is 0.381 e. The predicted molar refractivity (Wildman–Crippen MR) is 68.8 cm³/mol. The molecule has 0 amide bonds. The van der Waals surface area contributed by atoms with Crippen molar-refractivity contribution in [2.75, 3.05) is 26.3 Å². The fourth-order valence-corrected chi connectivity index (χ4v) is 4.04. The lowest BCUT2D eigenvalue weighted by molar-refractivity contribution is 0.148. The molecule has 17 heavy (non-hydrogen) atoms. The fraction of sp³-hybridized carbons (Fsp3) is 1.00. The summed E-state index contributed by atoms with van der Waals surface area (Å²) in [7, 11) is 0. The van der Waals surface area contributed by atoms with E-state index in [1.807, 2.05) is 0 Å². The van der Waals surface area contributed by atoms with E-state index in [0.717, 1.165) is 31.7 Å². The van der Waals surface area contributed by atoms with Gasteiger partial charge in [0, 0.05) is 31.2 Å². The third-order valence-corrected chi connectivity index (χ3v) is 5.14. The second-order valence-corrected chi connectivity index (χ2v) is 6.18. The number of hydrogen-bond donors (Lipinski definition) is 1. The van der Waals surface area contributed by atoms with E-state index in [9.17, 15) is 0 Å². The zero-order chi connectivity index (χ0) is 11.7. The van der Waals surface area contributed by atoms with Gasteiger partial charge in [-0.2, -0.15) is 0 Å². The van der Waals surface area contributed by atoms with Gasteiger partial charge in [0.25, 0.3) is 0 Å². The number of fused-ring (bicyclic) bond motifs is 1. The summed E-state index contributed by atoms with van der Waals surface area (Å²) in [6.07, 6.45) is 8.35. The lowest BCUT2D eigenvalue weighted by Crippen LogP contribution is -2.45. The maximum absolute atomic E-state index is 6.36. The molecule has 3 heteroatoms. The topological polar surface area (TPSA) is 38.5 Å². The highest BCUT2D eigenvalue weighted by Crippen LogP contribution is 2.36. The Labute approximate surface area is 105 Å². The second-order valence-electron chi connectivity index (χ2n) is 6.18. The Hall–Kier alpha value is -0.120. The average molecular weight is 238 g/mol. The number of rotatable bonds is 3. The van der Waals surface area contributed by atoms with Crippen LogP contribution < -0.4 is 5.73 Å². The van der Waals surface area contributed by atoms with Gasteiger partial charge < -0.3 is 10.5 Å². The van der Waals surface area contributed by atoms with Crippen LogP contribution in [0.2, 0.25) is 0 Å². The first-order valence-corrected chi connectivity index (χ1v) is 7.42. The van der Waals surface area contributed by atoms with Crippen molar-refractivity contribution in [1.82, 2.24) is 4.90 Å². The molecule has 2 heterocycles. The molecule has 0 aromatic rings. The molecule has 2 N–H and O–H groups in total. The lowest BCUT2D eigenvalue weighted by Gasteiger charge is -2.34. The quantitative estimate of drug-likeness (QED) is 0.812. The summed E-state index contributed by atoms with van der Waals surface area (Å²) < 4.78 is 5.45. The van der Waals surface area contributed by atoms with Crippen molar-refractivity contribution in [3.63, 3.8) is 0 Å². The van der Waals surface area contributed by atoms with Crippen LogP contribution in [0.4, 0.5) is 0 Å². The zero-order valence-electron chi connectivity index (χ0n) is 10.8. The molecule has 4 atom stereocenters. The summed E-state index contributed by atoms with van der Waals surface area (Å²) in [5.74, 6) is 1.59. The summed E-state index contributed by atoms with van der Waals surface area (Å²) in [5, 5.41) is 0. The number of hydrogen-bond acceptors (Lipinski definition) is 3. The molecule has 98 valence electrons. The maximum Gasteiger partial charge on any atom is 0.0510 e. The summed E-state index contributed by atoms with van der Waals surface area (Å²) >= 11 is 0. The first-order chi connectivity index (χ1) is 8.34. The third kappa shape index (κ3) is 2.51. The van der Waals surface area contributed by atoms with Gasteiger partial charge in [-0.25, -0.2) is 0 Å². The maximum atomic E-state index is 6.36. The monoisotopic (exact) mass is 238 g/mol. The minimum Gasteiger partial charge on any atom is -0.381 e. The van der Waals surface area contributed by atoms with Crippen LogP contribution in [0, 0.1) is 11.8 Å². The Kier molecular flexibility index (Phi) is 3.69. The Morgan fingerprint density at radius 2 is 2.06 bits per heavy atom. The minimum absolute atomic E-state index is 0.332. The second kappa shape index (κ2) is 5.25. The normalized spacial score (nSPS) is 40.4. The van der Waals surface area contributed by atoms with Gasteiger partial charge in [0.2, 0.25) is 0 Å². The van der Waals surface area contributed by atoms with E-state index < -0.39 is 0 Å². The van der Waals surface area contributed by atoms with E-state index in [1.165, 1.54) is 45.1 Å². The van der Waals surface area contributed by atoms with Crippen LogP contribution in [-0.2, 0) is 4.74 Å². The Balaban J connectivity index is 1.54. The van der Waals surface area contributed by atoms with Crippen LogP contribution in [-0.4, -0.2) is 43.3 Å². The molecule has 3 nitrogen and oxygen atoms in total. The molecule has 0 aromatic carbocycles. The average Bonchev–Trinajstić information content (AvgIpc) is 2.98. The van der Waals surface area contributed by atoms with Crippen molar-refractivity contribution in [3.8, 4) is 0 Å². The van der Waals surface area contributed by atoms with E-state index in [4.69, 9.17) is 10.5 Å². The van der Waals surface area contributed by atoms with Crippen LogP contribution in [0.3, 0.4) is 0 Å². The minimum atomic E-state index is 0.332. The van der Waals surface area contributed by atoms with Gasteiger partial charge in [-0.1, -0.05) is 12.8 Å². The summed E-state index contributed by atoms with van der Waals surface area (Å²) in [6.45, 7) is 4.21. The van der Waals surface area contributed by atoms with Crippen LogP contribution >= 0.6 is 0 Å². The first kappa shape index (κ1) is 11.9. The number of nitrogens with zero attached hydrogens (tertiary/aromatic N) is 1. The number of ether oxygens (including phenoxy) is 1. The van der Waals surface area contributed by atoms with Crippen molar-refractivity contribution in [1.29, 1.82) is 0 Å². The van der Waals surface area contributed by atoms with Gasteiger partial charge in [0.1, 0.15) is 0 Å². The summed E-state index contributed by atoms with van der Waals surface area (Å²) in [6, 6.07) is 1.19. The smallest absolute Gasteiger partial charge is 0.0510 e. The van der Waals surface area contributed by atoms with Crippen molar-refractivity contribution >= 4 is 0 Å². The predicted octanol–water partition coefficient (Wildman–Crippen LogP) is 1.61. The van der Waals surface area contributed by atoms with Gasteiger partial charge in [0.15, 0.2) is 0 Å². The molecule has 0 aromatic heterocycles. The molecule has 0 spiro atoms. The fourth-order valence-electron chi connectivity index (χ4n) is 4.04. The highest BCUT2D eigenvalue weighted by atomic mass is 16.5. The molecule has 0 bridgehead atoms. The van der Waals surface area contributed by atoms with E-state index in [1.54, 1.807) is 0 Å². The number of likely N-dealkylation sites (tertiary alicyclic amines) is 1. The Morgan fingerprint density at radius 3 is 2.88 bits per heavy atom. The molecule has 4 unspecified atom stereocenters. The van der Waals surface area contributed by atoms with E-state index in [2.05, 4.69) is 4.90 Å². The van der Waals surface area contributed by atoms with E-state index in [0.29, 0.717) is 12.0 Å². The van der Waals surface area contributed by atoms with Gasteiger partial charge in [-0.3, -0.25) is 4.90 Å². The molecular formula is C14H26N2O. The lowest BCUT2D eigenvalue weighted by atomic mass is 9.85. The summed E-state index contributed by atoms with van der Waals surface area (Å²) in [4.78, 5) is 2.69. The standard InChI is InChI=1S/C14H26N2O/c15-13(12-6-8-17-10-12)9-16-7-5-11-3-1-2-4-14(11)16/h11-14H,1-10,15H2. The summed E-state index contributed by atoms with van der Waals surface area (Å²) in [5.41, 5.74) is 6.36. The molecule has 3 rings (SSSR count). The molecule has 1 aliphatic carbocycles. The van der Waals surface area contributed by atoms with Crippen molar-refractivity contribution in [3.05, 3.63) is 0 Å². The van der Waals surface area contributed by atoms with Crippen molar-refractivity contribution in [2.45, 2.75) is 50.6 Å². The highest BCUT2D eigenvalue weighted by Gasteiger charge is 2.37. The van der Waals surface area contributed by atoms with Crippen molar-refractivity contribution < 1.29 is 4.74 Å². The zero-order valence-corrected chi connectivity index (χ0v) is 10.8. The first-order valence-electron chi connectivity index (χ1n) is 7.42. The van der Waals surface area contributed by atoms with Crippen molar-refractivity contribution in [2.24, 2.45) is 17.6 Å². The van der Waals surface area contributed by atoms with E-state index in [-0.39, 0.29) is 0 Å². The van der Waals surface area contributed by atoms with E-state index >= 15 is 0 Å². The molecule has 3 fully saturated rings. The molecule has 2 aliphatic heterocycles. The van der Waals surface area contributed by atoms with Gasteiger partial charge in [0.05, 0.1) is 6.61 Å².